The standard InChI is InChI=1S/C25H48N6O10/c1-25(36)12-38-24(19(35)22(25)29-2)40-20-13(10-17(33)31(37)7-5-26)9-16(28)21(18(20)34)41-23-15(27)4-3-14(39-23)11-30-6-8-32/h3,13,15-16,18-24,29-30,32,34-37H,4-12,26-28H2,1-2H3/t13-,15+,16-,18+,19+,20-,21?,22+,23+,24+,25-/m0/s1. The SMILES string of the molecule is CN[C@@H]1[C@@H](O)[C@@H](O[C@H]2[C@H](CC(=O)N(O)CCN)C[C@H](N)C(O[C@H]3OC(CNCCO)=CC[C@H]3N)[C@@H]2O)OC[C@]1(C)O. The summed E-state index contributed by atoms with van der Waals surface area (Å²) < 4.78 is 23.8. The Morgan fingerprint density at radius 2 is 1.90 bits per heavy atom. The van der Waals surface area contributed by atoms with Crippen molar-refractivity contribution in [3.63, 3.8) is 0 Å². The number of nitrogens with zero attached hydrogens (tertiary/aromatic N) is 1. The van der Waals surface area contributed by atoms with Crippen molar-refractivity contribution in [3.05, 3.63) is 11.8 Å². The molecule has 0 spiro atoms. The number of ether oxygens (including phenoxy) is 4. The maximum absolute atomic E-state index is 12.7. The maximum Gasteiger partial charge on any atom is 0.246 e. The molecule has 1 saturated heterocycles. The van der Waals surface area contributed by atoms with Gasteiger partial charge in [-0.3, -0.25) is 10.0 Å². The minimum atomic E-state index is -1.41. The van der Waals surface area contributed by atoms with Crippen LogP contribution < -0.4 is 27.8 Å². The zero-order chi connectivity index (χ0) is 30.3. The van der Waals surface area contributed by atoms with Gasteiger partial charge in [-0.25, -0.2) is 5.06 Å². The number of aliphatic hydroxyl groups excluding tert-OH is 3. The summed E-state index contributed by atoms with van der Waals surface area (Å²) in [6, 6.07) is -2.15. The van der Waals surface area contributed by atoms with Crippen LogP contribution in [0.5, 0.6) is 0 Å². The second kappa shape index (κ2) is 15.3. The van der Waals surface area contributed by atoms with Crippen molar-refractivity contribution in [2.75, 3.05) is 46.4 Å². The molecule has 2 aliphatic heterocycles. The molecule has 13 N–H and O–H groups in total. The maximum atomic E-state index is 12.7. The lowest BCUT2D eigenvalue weighted by atomic mass is 9.77. The molecule has 16 nitrogen and oxygen atoms in total. The summed E-state index contributed by atoms with van der Waals surface area (Å²) in [6.45, 7) is 1.99. The summed E-state index contributed by atoms with van der Waals surface area (Å²) >= 11 is 0. The number of rotatable bonds is 13. The van der Waals surface area contributed by atoms with Crippen molar-refractivity contribution >= 4 is 5.91 Å². The normalized spacial score (nSPS) is 39.6. The molecule has 1 aliphatic carbocycles. The highest BCUT2D eigenvalue weighted by Crippen LogP contribution is 2.36. The highest BCUT2D eigenvalue weighted by molar-refractivity contribution is 5.75. The summed E-state index contributed by atoms with van der Waals surface area (Å²) in [5.74, 6) is -0.783. The zero-order valence-corrected chi connectivity index (χ0v) is 23.7. The first-order valence-corrected chi connectivity index (χ1v) is 14.0. The molecule has 11 atom stereocenters. The first-order chi connectivity index (χ1) is 19.4. The molecule has 0 bridgehead atoms. The van der Waals surface area contributed by atoms with Gasteiger partial charge in [-0.2, -0.15) is 0 Å². The second-order valence-corrected chi connectivity index (χ2v) is 11.1. The Kier molecular flexibility index (Phi) is 12.7. The van der Waals surface area contributed by atoms with Crippen LogP contribution in [0.3, 0.4) is 0 Å². The first kappa shape index (κ1) is 34.0. The van der Waals surface area contributed by atoms with E-state index in [9.17, 15) is 25.3 Å². The van der Waals surface area contributed by atoms with Gasteiger partial charge in [-0.1, -0.05) is 0 Å². The molecule has 2 fully saturated rings. The molecule has 0 radical (unpaired) electrons. The molecular formula is C25H48N6O10. The summed E-state index contributed by atoms with van der Waals surface area (Å²) in [5.41, 5.74) is 16.7. The Labute approximate surface area is 239 Å². The van der Waals surface area contributed by atoms with E-state index in [1.165, 1.54) is 6.92 Å². The lowest BCUT2D eigenvalue weighted by Gasteiger charge is -2.48. The topological polar surface area (TPSA) is 260 Å². The molecule has 2 heterocycles. The van der Waals surface area contributed by atoms with Crippen LogP contribution in [0.4, 0.5) is 0 Å². The average Bonchev–Trinajstić information content (AvgIpc) is 2.91. The van der Waals surface area contributed by atoms with Crippen LogP contribution in [-0.4, -0.2) is 144 Å². The predicted octanol–water partition coefficient (Wildman–Crippen LogP) is -4.37. The number of aliphatic hydroxyl groups is 4. The summed E-state index contributed by atoms with van der Waals surface area (Å²) in [4.78, 5) is 12.7. The van der Waals surface area contributed by atoms with Crippen LogP contribution >= 0.6 is 0 Å². The third kappa shape index (κ3) is 8.54. The quantitative estimate of drug-likeness (QED) is 0.0550. The minimum absolute atomic E-state index is 0.0345. The third-order valence-electron chi connectivity index (χ3n) is 7.75. The third-order valence-corrected chi connectivity index (χ3v) is 7.75. The number of hydrogen-bond acceptors (Lipinski definition) is 15. The van der Waals surface area contributed by atoms with Crippen LogP contribution in [0.1, 0.15) is 26.2 Å². The molecule has 41 heavy (non-hydrogen) atoms. The van der Waals surface area contributed by atoms with Crippen LogP contribution in [0.25, 0.3) is 0 Å². The van der Waals surface area contributed by atoms with Gasteiger partial charge in [0.15, 0.2) is 6.29 Å². The molecule has 1 unspecified atom stereocenters. The van der Waals surface area contributed by atoms with Gasteiger partial charge in [0, 0.05) is 25.6 Å². The van der Waals surface area contributed by atoms with E-state index >= 15 is 0 Å². The van der Waals surface area contributed by atoms with Crippen molar-refractivity contribution in [2.24, 2.45) is 23.1 Å². The van der Waals surface area contributed by atoms with E-state index in [1.807, 2.05) is 6.08 Å². The van der Waals surface area contributed by atoms with Gasteiger partial charge >= 0.3 is 0 Å². The number of hydroxylamine groups is 2. The number of amides is 1. The fourth-order valence-electron chi connectivity index (χ4n) is 5.56. The van der Waals surface area contributed by atoms with E-state index in [0.29, 0.717) is 30.3 Å². The molecule has 0 aromatic rings. The lowest BCUT2D eigenvalue weighted by molar-refractivity contribution is -0.308. The molecule has 1 saturated carbocycles. The highest BCUT2D eigenvalue weighted by atomic mass is 16.7. The number of carbonyl (C=O) groups is 1. The second-order valence-electron chi connectivity index (χ2n) is 11.1. The Bertz CT molecular complexity index is 869. The number of likely N-dealkylation sites (N-methyl/N-ethyl adjacent to an activating group) is 1. The molecular weight excluding hydrogens is 544 g/mol. The van der Waals surface area contributed by atoms with Crippen molar-refractivity contribution in [2.45, 2.75) is 86.9 Å². The molecule has 0 aromatic carbocycles. The largest absolute Gasteiger partial charge is 0.467 e. The van der Waals surface area contributed by atoms with Crippen molar-refractivity contribution in [3.8, 4) is 0 Å². The summed E-state index contributed by atoms with van der Waals surface area (Å²) in [5, 5.41) is 58.5. The van der Waals surface area contributed by atoms with E-state index in [4.69, 9.17) is 41.3 Å². The number of nitrogens with one attached hydrogen (secondary N) is 2. The predicted molar refractivity (Wildman–Crippen MR) is 144 cm³/mol. The molecule has 1 amide bonds. The monoisotopic (exact) mass is 592 g/mol. The molecule has 16 heteroatoms. The zero-order valence-electron chi connectivity index (χ0n) is 23.7. The van der Waals surface area contributed by atoms with Gasteiger partial charge in [0.2, 0.25) is 12.2 Å². The van der Waals surface area contributed by atoms with Crippen LogP contribution in [0.15, 0.2) is 11.8 Å². The number of nitrogens with two attached hydrogens (primary N) is 3. The van der Waals surface area contributed by atoms with E-state index in [-0.39, 0.29) is 39.1 Å². The van der Waals surface area contributed by atoms with E-state index < -0.39 is 72.5 Å². The smallest absolute Gasteiger partial charge is 0.246 e. The van der Waals surface area contributed by atoms with Gasteiger partial charge in [0.05, 0.1) is 44.5 Å². The van der Waals surface area contributed by atoms with Crippen LogP contribution in [0, 0.1) is 5.92 Å². The molecule has 238 valence electrons. The Morgan fingerprint density at radius 3 is 2.56 bits per heavy atom. The van der Waals surface area contributed by atoms with E-state index in [1.54, 1.807) is 7.05 Å². The molecule has 3 aliphatic rings. The Balaban J connectivity index is 1.79. The van der Waals surface area contributed by atoms with Crippen LogP contribution in [0.2, 0.25) is 0 Å². The Hall–Kier alpha value is -1.51. The van der Waals surface area contributed by atoms with Crippen molar-refractivity contribution in [1.29, 1.82) is 0 Å². The minimum Gasteiger partial charge on any atom is -0.467 e. The fraction of sp³-hybridized carbons (Fsp3) is 0.880. The van der Waals surface area contributed by atoms with Crippen molar-refractivity contribution in [1.82, 2.24) is 15.7 Å². The lowest BCUT2D eigenvalue weighted by Crippen LogP contribution is -2.67. The number of hydrogen-bond donors (Lipinski definition) is 10. The molecule has 3 rings (SSSR count). The van der Waals surface area contributed by atoms with Gasteiger partial charge in [-0.15, -0.1) is 0 Å². The van der Waals surface area contributed by atoms with Gasteiger partial charge in [0.1, 0.15) is 29.7 Å². The van der Waals surface area contributed by atoms with Gasteiger partial charge in [0.25, 0.3) is 0 Å². The summed E-state index contributed by atoms with van der Waals surface area (Å²) in [7, 11) is 1.58. The Morgan fingerprint density at radius 1 is 1.20 bits per heavy atom. The van der Waals surface area contributed by atoms with E-state index in [0.717, 1.165) is 0 Å². The van der Waals surface area contributed by atoms with Crippen LogP contribution in [-0.2, 0) is 23.7 Å². The van der Waals surface area contributed by atoms with E-state index in [2.05, 4.69) is 10.6 Å². The summed E-state index contributed by atoms with van der Waals surface area (Å²) in [6.07, 6.45) is -4.97. The van der Waals surface area contributed by atoms with Crippen molar-refractivity contribution < 1.29 is 49.4 Å². The first-order valence-electron chi connectivity index (χ1n) is 14.0. The van der Waals surface area contributed by atoms with Gasteiger partial charge < -0.3 is 67.2 Å². The average molecular weight is 593 g/mol. The number of carbonyl (C=O) groups excluding carboxylic acids is 1. The van der Waals surface area contributed by atoms with Gasteiger partial charge in [-0.05, 0) is 38.8 Å². The molecule has 0 aromatic heterocycles. The fourth-order valence-corrected chi connectivity index (χ4v) is 5.56. The highest BCUT2D eigenvalue weighted by Gasteiger charge is 2.51.